The molecule has 36 heavy (non-hydrogen) atoms. The highest BCUT2D eigenvalue weighted by Crippen LogP contribution is 2.34. The summed E-state index contributed by atoms with van der Waals surface area (Å²) in [4.78, 5) is 31.8. The van der Waals surface area contributed by atoms with Crippen molar-refractivity contribution in [2.45, 2.75) is 19.4 Å². The lowest BCUT2D eigenvalue weighted by molar-refractivity contribution is -0.136. The lowest BCUT2D eigenvalue weighted by atomic mass is 9.95. The zero-order valence-electron chi connectivity index (χ0n) is 20.1. The van der Waals surface area contributed by atoms with Crippen LogP contribution in [0.4, 0.5) is 0 Å². The zero-order chi connectivity index (χ0) is 25.8. The first-order valence-corrected chi connectivity index (χ1v) is 13.1. The fourth-order valence-corrected chi connectivity index (χ4v) is 5.87. The van der Waals surface area contributed by atoms with Crippen molar-refractivity contribution in [1.29, 1.82) is 0 Å². The Kier molecular flexibility index (Phi) is 8.10. The molecule has 0 saturated heterocycles. The molecule has 0 bridgehead atoms. The molecule has 0 radical (unpaired) electrons. The van der Waals surface area contributed by atoms with Crippen LogP contribution in [0.15, 0.2) is 76.2 Å². The third kappa shape index (κ3) is 4.90. The lowest BCUT2D eigenvalue weighted by Crippen LogP contribution is -2.40. The van der Waals surface area contributed by atoms with E-state index in [1.54, 1.807) is 23.8 Å². The fraction of sp³-hybridized carbons (Fsp3) is 0.222. The minimum Gasteiger partial charge on any atom is -0.493 e. The van der Waals surface area contributed by atoms with Gasteiger partial charge in [-0.2, -0.15) is 0 Å². The first kappa shape index (κ1) is 25.9. The summed E-state index contributed by atoms with van der Waals surface area (Å²) < 4.78 is 19.3. The summed E-state index contributed by atoms with van der Waals surface area (Å²) in [5.41, 5.74) is 2.36. The molecule has 0 spiro atoms. The summed E-state index contributed by atoms with van der Waals surface area (Å²) in [6.07, 6.45) is 4.00. The molecule has 186 valence electrons. The van der Waals surface area contributed by atoms with Crippen molar-refractivity contribution in [1.82, 2.24) is 4.57 Å². The molecule has 1 aromatic heterocycles. The molecule has 1 atom stereocenters. The van der Waals surface area contributed by atoms with E-state index < -0.39 is 12.0 Å². The molecule has 0 aliphatic carbocycles. The molecule has 0 unspecified atom stereocenters. The van der Waals surface area contributed by atoms with Crippen molar-refractivity contribution in [3.8, 4) is 11.5 Å². The number of thiazole rings is 1. The standard InChI is InChI=1S/C27H25IN2O5S/c1-5-12-35-24-18(28)13-16(14-20(24)33-3)15-21-25(31)30-23(17-10-8-7-9-11-17)22(26(32)34-4)19(6-2)29-27(30)36-21/h5,7-11,13-15,23H,1,6,12H2,2-4H3/b21-15+/t23-/m0/s1. The smallest absolute Gasteiger partial charge is 0.338 e. The number of halogens is 1. The van der Waals surface area contributed by atoms with Crippen molar-refractivity contribution < 1.29 is 19.0 Å². The Labute approximate surface area is 226 Å². The molecule has 4 rings (SSSR count). The van der Waals surface area contributed by atoms with Gasteiger partial charge in [-0.25, -0.2) is 9.79 Å². The minimum absolute atomic E-state index is 0.231. The van der Waals surface area contributed by atoms with Gasteiger partial charge < -0.3 is 14.2 Å². The number of aromatic nitrogens is 1. The van der Waals surface area contributed by atoms with E-state index in [1.807, 2.05) is 49.4 Å². The first-order chi connectivity index (χ1) is 17.4. The number of allylic oxidation sites excluding steroid dienone is 1. The van der Waals surface area contributed by atoms with Crippen LogP contribution in [0.5, 0.6) is 11.5 Å². The van der Waals surface area contributed by atoms with Crippen LogP contribution in [-0.4, -0.2) is 31.4 Å². The molecule has 0 saturated carbocycles. The normalized spacial score (nSPS) is 15.2. The Balaban J connectivity index is 1.93. The van der Waals surface area contributed by atoms with Gasteiger partial charge in [0.15, 0.2) is 16.3 Å². The quantitative estimate of drug-likeness (QED) is 0.218. The van der Waals surface area contributed by atoms with Gasteiger partial charge in [-0.3, -0.25) is 9.36 Å². The summed E-state index contributed by atoms with van der Waals surface area (Å²) in [5, 5.41) is 0. The van der Waals surface area contributed by atoms with Crippen LogP contribution in [0.2, 0.25) is 0 Å². The number of methoxy groups -OCH3 is 2. The molecule has 2 aromatic carbocycles. The number of hydrogen-bond donors (Lipinski definition) is 0. The first-order valence-electron chi connectivity index (χ1n) is 11.2. The maximum atomic E-state index is 13.7. The van der Waals surface area contributed by atoms with Gasteiger partial charge in [0.2, 0.25) is 0 Å². The lowest BCUT2D eigenvalue weighted by Gasteiger charge is -2.25. The van der Waals surface area contributed by atoms with Crippen LogP contribution in [-0.2, 0) is 9.53 Å². The number of nitrogens with zero attached hydrogens (tertiary/aromatic N) is 2. The Bertz CT molecular complexity index is 1520. The van der Waals surface area contributed by atoms with E-state index in [0.29, 0.717) is 45.1 Å². The number of carbonyl (C=O) groups is 1. The van der Waals surface area contributed by atoms with E-state index in [4.69, 9.17) is 19.2 Å². The van der Waals surface area contributed by atoms with Crippen molar-refractivity contribution in [3.05, 3.63) is 101 Å². The van der Waals surface area contributed by atoms with Crippen LogP contribution in [0.3, 0.4) is 0 Å². The van der Waals surface area contributed by atoms with E-state index >= 15 is 0 Å². The summed E-state index contributed by atoms with van der Waals surface area (Å²) in [6.45, 7) is 5.97. The monoisotopic (exact) mass is 616 g/mol. The summed E-state index contributed by atoms with van der Waals surface area (Å²) in [5.74, 6) is 0.690. The molecule has 0 amide bonds. The van der Waals surface area contributed by atoms with Crippen molar-refractivity contribution >= 4 is 46.0 Å². The van der Waals surface area contributed by atoms with Gasteiger partial charge in [0.05, 0.1) is 39.6 Å². The molecule has 3 aromatic rings. The Morgan fingerprint density at radius 3 is 2.64 bits per heavy atom. The molecule has 0 N–H and O–H groups in total. The Morgan fingerprint density at radius 2 is 2.00 bits per heavy atom. The average Bonchev–Trinajstić information content (AvgIpc) is 3.20. The van der Waals surface area contributed by atoms with Crippen LogP contribution >= 0.6 is 33.9 Å². The van der Waals surface area contributed by atoms with E-state index in [9.17, 15) is 9.59 Å². The van der Waals surface area contributed by atoms with E-state index in [-0.39, 0.29) is 5.56 Å². The second-order valence-electron chi connectivity index (χ2n) is 7.83. The number of carbonyl (C=O) groups excluding carboxylic acids is 1. The van der Waals surface area contributed by atoms with Crippen molar-refractivity contribution in [3.63, 3.8) is 0 Å². The van der Waals surface area contributed by atoms with Crippen molar-refractivity contribution in [2.24, 2.45) is 4.99 Å². The molecule has 1 aliphatic rings. The van der Waals surface area contributed by atoms with Gasteiger partial charge >= 0.3 is 5.97 Å². The van der Waals surface area contributed by atoms with E-state index in [0.717, 1.165) is 14.7 Å². The number of rotatable bonds is 8. The number of ether oxygens (including phenoxy) is 3. The van der Waals surface area contributed by atoms with Gasteiger partial charge in [-0.15, -0.1) is 0 Å². The molecule has 9 heteroatoms. The molecule has 1 aliphatic heterocycles. The van der Waals surface area contributed by atoms with Crippen LogP contribution in [0.25, 0.3) is 6.08 Å². The van der Waals surface area contributed by atoms with Gasteiger partial charge in [0.25, 0.3) is 5.56 Å². The highest BCUT2D eigenvalue weighted by molar-refractivity contribution is 14.1. The topological polar surface area (TPSA) is 79.1 Å². The van der Waals surface area contributed by atoms with Gasteiger partial charge in [0.1, 0.15) is 6.61 Å². The maximum Gasteiger partial charge on any atom is 0.338 e. The molecule has 7 nitrogen and oxygen atoms in total. The Hall–Kier alpha value is -3.18. The molecule has 2 heterocycles. The maximum absolute atomic E-state index is 13.7. The predicted molar refractivity (Wildman–Crippen MR) is 148 cm³/mol. The largest absolute Gasteiger partial charge is 0.493 e. The zero-order valence-corrected chi connectivity index (χ0v) is 23.1. The number of esters is 1. The summed E-state index contributed by atoms with van der Waals surface area (Å²) in [7, 11) is 2.91. The predicted octanol–water partition coefficient (Wildman–Crippen LogP) is 3.98. The van der Waals surface area contributed by atoms with Crippen LogP contribution in [0.1, 0.15) is 30.5 Å². The Morgan fingerprint density at radius 1 is 1.25 bits per heavy atom. The highest BCUT2D eigenvalue weighted by Gasteiger charge is 2.33. The fourth-order valence-electron chi connectivity index (χ4n) is 4.07. The summed E-state index contributed by atoms with van der Waals surface area (Å²) >= 11 is 3.47. The second kappa shape index (κ2) is 11.3. The SMILES string of the molecule is C=CCOc1c(I)cc(/C=c2/sc3n(c2=O)[C@@H](c2ccccc2)C(C(=O)OC)=C(CC)N=3)cc1OC. The molecular weight excluding hydrogens is 591 g/mol. The molecular formula is C27H25IN2O5S. The number of benzene rings is 2. The average molecular weight is 616 g/mol. The van der Waals surface area contributed by atoms with Gasteiger partial charge in [0, 0.05) is 0 Å². The number of fused-ring (bicyclic) bond motifs is 1. The minimum atomic E-state index is -0.628. The third-order valence-corrected chi connectivity index (χ3v) is 7.44. The van der Waals surface area contributed by atoms with E-state index in [1.165, 1.54) is 18.4 Å². The van der Waals surface area contributed by atoms with Crippen LogP contribution in [0, 0.1) is 3.57 Å². The van der Waals surface area contributed by atoms with Crippen LogP contribution < -0.4 is 24.4 Å². The summed E-state index contributed by atoms with van der Waals surface area (Å²) in [6, 6.07) is 12.6. The third-order valence-electron chi connectivity index (χ3n) is 5.66. The second-order valence-corrected chi connectivity index (χ2v) is 10.0. The van der Waals surface area contributed by atoms with Gasteiger partial charge in [-0.1, -0.05) is 61.2 Å². The van der Waals surface area contributed by atoms with Gasteiger partial charge in [-0.05, 0) is 58.3 Å². The highest BCUT2D eigenvalue weighted by atomic mass is 127. The molecule has 0 fully saturated rings. The van der Waals surface area contributed by atoms with E-state index in [2.05, 4.69) is 29.2 Å². The number of hydrogen-bond acceptors (Lipinski definition) is 7. The van der Waals surface area contributed by atoms with Crippen molar-refractivity contribution in [2.75, 3.05) is 20.8 Å².